The highest BCUT2D eigenvalue weighted by Crippen LogP contribution is 2.30. The lowest BCUT2D eigenvalue weighted by Crippen LogP contribution is -2.04. The van der Waals surface area contributed by atoms with Crippen molar-refractivity contribution in [3.63, 3.8) is 0 Å². The third-order valence-corrected chi connectivity index (χ3v) is 4.81. The van der Waals surface area contributed by atoms with E-state index in [9.17, 15) is 5.11 Å². The molecule has 0 spiro atoms. The van der Waals surface area contributed by atoms with Crippen molar-refractivity contribution >= 4 is 11.7 Å². The molecule has 0 radical (unpaired) electrons. The maximum absolute atomic E-state index is 10.3. The molecular weight excluding hydrogens is 388 g/mol. The van der Waals surface area contributed by atoms with Gasteiger partial charge in [-0.2, -0.15) is 5.10 Å². The fourth-order valence-electron chi connectivity index (χ4n) is 3.11. The minimum absolute atomic E-state index is 0.157. The highest BCUT2D eigenvalue weighted by molar-refractivity contribution is 5.99. The molecule has 1 aromatic heterocycles. The number of hydrogen-bond acceptors (Lipinski definition) is 6. The minimum atomic E-state index is 0.157. The highest BCUT2D eigenvalue weighted by atomic mass is 16.5. The first-order valence-corrected chi connectivity index (χ1v) is 9.81. The van der Waals surface area contributed by atoms with Crippen LogP contribution in [0.2, 0.25) is 0 Å². The summed E-state index contributed by atoms with van der Waals surface area (Å²) in [4.78, 5) is 9.19. The number of benzene rings is 3. The minimum Gasteiger partial charge on any atom is -0.507 e. The Morgan fingerprint density at radius 1 is 0.871 bits per heavy atom. The van der Waals surface area contributed by atoms with Crippen LogP contribution in [-0.2, 0) is 0 Å². The lowest BCUT2D eigenvalue weighted by atomic mass is 10.1. The number of nitrogens with one attached hydrogen (secondary N) is 1. The van der Waals surface area contributed by atoms with Gasteiger partial charge in [0.2, 0.25) is 5.95 Å². The van der Waals surface area contributed by atoms with E-state index in [1.165, 1.54) is 0 Å². The number of aromatic nitrogens is 2. The van der Waals surface area contributed by atoms with Crippen LogP contribution >= 0.6 is 0 Å². The Morgan fingerprint density at radius 3 is 2.26 bits per heavy atom. The van der Waals surface area contributed by atoms with Crippen LogP contribution in [0.5, 0.6) is 11.5 Å². The normalized spacial score (nSPS) is 11.2. The molecule has 0 aliphatic rings. The fraction of sp³-hybridized carbons (Fsp3) is 0.0800. The summed E-state index contributed by atoms with van der Waals surface area (Å²) in [6.07, 6.45) is 0. The molecule has 0 aliphatic carbocycles. The Kier molecular flexibility index (Phi) is 5.89. The summed E-state index contributed by atoms with van der Waals surface area (Å²) in [5.74, 6) is 1.28. The summed E-state index contributed by atoms with van der Waals surface area (Å²) in [5, 5.41) is 14.8. The number of methoxy groups -OCH3 is 1. The average molecular weight is 410 g/mol. The summed E-state index contributed by atoms with van der Waals surface area (Å²) >= 11 is 0. The predicted molar refractivity (Wildman–Crippen MR) is 123 cm³/mol. The molecule has 0 saturated heterocycles. The molecule has 0 fully saturated rings. The standard InChI is InChI=1S/C25H22N4O2/c1-17(18-12-14-20(31-2)15-13-18)28-29-25-26-22(19-8-4-3-5-9-19)16-23(27-25)21-10-6-7-11-24(21)30/h3-16,30H,1-2H3,(H,26,27,29). The largest absolute Gasteiger partial charge is 0.507 e. The molecule has 31 heavy (non-hydrogen) atoms. The number of hydrazone groups is 1. The first-order chi connectivity index (χ1) is 15.1. The van der Waals surface area contributed by atoms with Crippen molar-refractivity contribution in [2.24, 2.45) is 5.10 Å². The zero-order valence-electron chi connectivity index (χ0n) is 17.3. The number of para-hydroxylation sites is 1. The van der Waals surface area contributed by atoms with Crippen molar-refractivity contribution in [3.8, 4) is 34.0 Å². The molecule has 3 aromatic carbocycles. The van der Waals surface area contributed by atoms with Gasteiger partial charge in [0.15, 0.2) is 0 Å². The fourth-order valence-corrected chi connectivity index (χ4v) is 3.11. The van der Waals surface area contributed by atoms with Crippen molar-refractivity contribution in [2.45, 2.75) is 6.92 Å². The van der Waals surface area contributed by atoms with Gasteiger partial charge in [-0.05, 0) is 55.0 Å². The summed E-state index contributed by atoms with van der Waals surface area (Å²) in [6.45, 7) is 1.90. The molecule has 154 valence electrons. The molecule has 6 nitrogen and oxygen atoms in total. The average Bonchev–Trinajstić information content (AvgIpc) is 2.83. The molecule has 0 amide bonds. The molecule has 0 unspecified atom stereocenters. The van der Waals surface area contributed by atoms with Crippen LogP contribution in [0.3, 0.4) is 0 Å². The summed E-state index contributed by atoms with van der Waals surface area (Å²) in [7, 11) is 1.64. The van der Waals surface area contributed by atoms with Crippen LogP contribution in [0.15, 0.2) is 90.0 Å². The van der Waals surface area contributed by atoms with Crippen molar-refractivity contribution < 1.29 is 9.84 Å². The molecule has 0 atom stereocenters. The van der Waals surface area contributed by atoms with Crippen LogP contribution in [0.25, 0.3) is 22.5 Å². The number of aromatic hydroxyl groups is 1. The second kappa shape index (κ2) is 9.09. The van der Waals surface area contributed by atoms with E-state index in [0.29, 0.717) is 17.2 Å². The first-order valence-electron chi connectivity index (χ1n) is 9.81. The van der Waals surface area contributed by atoms with E-state index in [-0.39, 0.29) is 5.75 Å². The van der Waals surface area contributed by atoms with E-state index in [1.807, 2.05) is 79.7 Å². The third kappa shape index (κ3) is 4.70. The van der Waals surface area contributed by atoms with Gasteiger partial charge in [-0.3, -0.25) is 0 Å². The summed E-state index contributed by atoms with van der Waals surface area (Å²) in [5.41, 5.74) is 7.60. The highest BCUT2D eigenvalue weighted by Gasteiger charge is 2.11. The van der Waals surface area contributed by atoms with Gasteiger partial charge in [0.1, 0.15) is 11.5 Å². The molecule has 4 aromatic rings. The summed E-state index contributed by atoms with van der Waals surface area (Å²) < 4.78 is 5.20. The van der Waals surface area contributed by atoms with E-state index >= 15 is 0 Å². The first kappa shape index (κ1) is 20.1. The van der Waals surface area contributed by atoms with Crippen molar-refractivity contribution in [2.75, 3.05) is 12.5 Å². The number of phenols is 1. The Labute approximate surface area is 180 Å². The van der Waals surface area contributed by atoms with Gasteiger partial charge in [-0.1, -0.05) is 42.5 Å². The monoisotopic (exact) mass is 410 g/mol. The third-order valence-electron chi connectivity index (χ3n) is 4.81. The van der Waals surface area contributed by atoms with Crippen LogP contribution in [0.1, 0.15) is 12.5 Å². The topological polar surface area (TPSA) is 79.6 Å². The number of hydrogen-bond donors (Lipinski definition) is 2. The van der Waals surface area contributed by atoms with Gasteiger partial charge >= 0.3 is 0 Å². The van der Waals surface area contributed by atoms with Crippen LogP contribution in [-0.4, -0.2) is 27.9 Å². The maximum Gasteiger partial charge on any atom is 0.244 e. The molecule has 0 saturated carbocycles. The van der Waals surface area contributed by atoms with Crippen LogP contribution in [0.4, 0.5) is 5.95 Å². The number of nitrogens with zero attached hydrogens (tertiary/aromatic N) is 3. The quantitative estimate of drug-likeness (QED) is 0.330. The van der Waals surface area contributed by atoms with Gasteiger partial charge in [-0.15, -0.1) is 0 Å². The van der Waals surface area contributed by atoms with Gasteiger partial charge in [0, 0.05) is 11.1 Å². The molecule has 0 bridgehead atoms. The molecule has 1 heterocycles. The predicted octanol–water partition coefficient (Wildman–Crippen LogP) is 5.36. The van der Waals surface area contributed by atoms with Crippen molar-refractivity contribution in [1.82, 2.24) is 9.97 Å². The number of phenolic OH excluding ortho intramolecular Hbond substituents is 1. The Morgan fingerprint density at radius 2 is 1.55 bits per heavy atom. The summed E-state index contributed by atoms with van der Waals surface area (Å²) in [6, 6.07) is 26.4. The van der Waals surface area contributed by atoms with E-state index in [1.54, 1.807) is 19.2 Å². The molecule has 6 heteroatoms. The van der Waals surface area contributed by atoms with Gasteiger partial charge < -0.3 is 9.84 Å². The zero-order chi connectivity index (χ0) is 21.6. The Balaban J connectivity index is 1.70. The molecular formula is C25H22N4O2. The number of ether oxygens (including phenoxy) is 1. The number of anilines is 1. The SMILES string of the molecule is COc1ccc(C(C)=NNc2nc(-c3ccccc3)cc(-c3ccccc3O)n2)cc1. The second-order valence-electron chi connectivity index (χ2n) is 6.88. The van der Waals surface area contributed by atoms with Crippen LogP contribution in [0, 0.1) is 0 Å². The second-order valence-corrected chi connectivity index (χ2v) is 6.88. The van der Waals surface area contributed by atoms with Gasteiger partial charge in [-0.25, -0.2) is 15.4 Å². The van der Waals surface area contributed by atoms with Crippen molar-refractivity contribution in [1.29, 1.82) is 0 Å². The van der Waals surface area contributed by atoms with Gasteiger partial charge in [0.05, 0.1) is 24.2 Å². The Bertz CT molecular complexity index is 1210. The molecule has 0 aliphatic heterocycles. The maximum atomic E-state index is 10.3. The molecule has 2 N–H and O–H groups in total. The van der Waals surface area contributed by atoms with E-state index in [4.69, 9.17) is 4.74 Å². The van der Waals surface area contributed by atoms with Crippen LogP contribution < -0.4 is 10.2 Å². The van der Waals surface area contributed by atoms with Crippen molar-refractivity contribution in [3.05, 3.63) is 90.5 Å². The Hall–Kier alpha value is -4.19. The number of rotatable bonds is 6. The van der Waals surface area contributed by atoms with E-state index < -0.39 is 0 Å². The smallest absolute Gasteiger partial charge is 0.244 e. The zero-order valence-corrected chi connectivity index (χ0v) is 17.3. The molecule has 4 rings (SSSR count). The lowest BCUT2D eigenvalue weighted by Gasteiger charge is -2.10. The van der Waals surface area contributed by atoms with Gasteiger partial charge in [0.25, 0.3) is 0 Å². The van der Waals surface area contributed by atoms with E-state index in [2.05, 4.69) is 20.5 Å². The van der Waals surface area contributed by atoms with E-state index in [0.717, 1.165) is 28.3 Å². The lowest BCUT2D eigenvalue weighted by molar-refractivity contribution is 0.415.